The molecule has 8 heteroatoms. The molecule has 2 aliphatic rings. The van der Waals surface area contributed by atoms with Gasteiger partial charge in [-0.25, -0.2) is 9.97 Å². The molecule has 0 radical (unpaired) electrons. The predicted octanol–water partition coefficient (Wildman–Crippen LogP) is -0.0295. The van der Waals surface area contributed by atoms with Gasteiger partial charge in [-0.1, -0.05) is 0 Å². The van der Waals surface area contributed by atoms with Crippen LogP contribution in [0.5, 0.6) is 0 Å². The van der Waals surface area contributed by atoms with E-state index in [1.165, 1.54) is 11.3 Å². The standard InChI is InChI=1S/C14H19N5O3/c20-13-3-1-2-4-19(13)17-14(21)11-9-12(16-10-15-11)18-5-7-22-8-6-18/h9-10H,1-8H2,(H,17,21). The van der Waals surface area contributed by atoms with Gasteiger partial charge in [0.1, 0.15) is 17.8 Å². The zero-order valence-corrected chi connectivity index (χ0v) is 12.3. The first-order valence-electron chi connectivity index (χ1n) is 7.50. The van der Waals surface area contributed by atoms with Crippen molar-refractivity contribution in [3.05, 3.63) is 18.1 Å². The molecule has 0 spiro atoms. The lowest BCUT2D eigenvalue weighted by molar-refractivity contribution is -0.135. The Hall–Kier alpha value is -2.22. The van der Waals surface area contributed by atoms with Crippen molar-refractivity contribution < 1.29 is 14.3 Å². The first-order valence-corrected chi connectivity index (χ1v) is 7.50. The van der Waals surface area contributed by atoms with Crippen molar-refractivity contribution >= 4 is 17.6 Å². The lowest BCUT2D eigenvalue weighted by atomic mass is 10.1. The first kappa shape index (κ1) is 14.7. The van der Waals surface area contributed by atoms with Crippen LogP contribution in [0.25, 0.3) is 0 Å². The first-order chi connectivity index (χ1) is 10.7. The summed E-state index contributed by atoms with van der Waals surface area (Å²) in [6, 6.07) is 1.65. The molecule has 0 saturated carbocycles. The SMILES string of the molecule is O=C(NN1CCCCC1=O)c1cc(N2CCOCC2)ncn1. The van der Waals surface area contributed by atoms with Gasteiger partial charge in [0, 0.05) is 32.1 Å². The number of carbonyl (C=O) groups is 2. The van der Waals surface area contributed by atoms with Crippen molar-refractivity contribution in [1.82, 2.24) is 20.4 Å². The molecule has 118 valence electrons. The normalized spacial score (nSPS) is 19.2. The second kappa shape index (κ2) is 6.69. The van der Waals surface area contributed by atoms with Gasteiger partial charge in [-0.15, -0.1) is 0 Å². The summed E-state index contributed by atoms with van der Waals surface area (Å²) in [5, 5.41) is 1.38. The van der Waals surface area contributed by atoms with E-state index in [9.17, 15) is 9.59 Å². The summed E-state index contributed by atoms with van der Waals surface area (Å²) in [5.41, 5.74) is 2.89. The van der Waals surface area contributed by atoms with Crippen LogP contribution in [0.1, 0.15) is 29.8 Å². The van der Waals surface area contributed by atoms with Gasteiger partial charge in [0.05, 0.1) is 13.2 Å². The monoisotopic (exact) mass is 305 g/mol. The Balaban J connectivity index is 1.68. The van der Waals surface area contributed by atoms with Crippen LogP contribution in [0.15, 0.2) is 12.4 Å². The van der Waals surface area contributed by atoms with Crippen LogP contribution in [0.2, 0.25) is 0 Å². The number of ether oxygens (including phenoxy) is 1. The predicted molar refractivity (Wildman–Crippen MR) is 78.1 cm³/mol. The van der Waals surface area contributed by atoms with Crippen LogP contribution >= 0.6 is 0 Å². The minimum absolute atomic E-state index is 0.0536. The minimum Gasteiger partial charge on any atom is -0.378 e. The third-order valence-electron chi connectivity index (χ3n) is 3.78. The average Bonchev–Trinajstić information content (AvgIpc) is 2.58. The number of piperidine rings is 1. The molecule has 0 aliphatic carbocycles. The van der Waals surface area contributed by atoms with Gasteiger partial charge in [0.15, 0.2) is 0 Å². The molecule has 0 unspecified atom stereocenters. The van der Waals surface area contributed by atoms with E-state index in [0.29, 0.717) is 32.0 Å². The molecule has 0 atom stereocenters. The number of nitrogens with zero attached hydrogens (tertiary/aromatic N) is 4. The zero-order chi connectivity index (χ0) is 15.4. The fraction of sp³-hybridized carbons (Fsp3) is 0.571. The van der Waals surface area contributed by atoms with Crippen LogP contribution in [0, 0.1) is 0 Å². The summed E-state index contributed by atoms with van der Waals surface area (Å²) in [6.45, 7) is 3.32. The van der Waals surface area contributed by atoms with Gasteiger partial charge < -0.3 is 9.64 Å². The lowest BCUT2D eigenvalue weighted by Gasteiger charge is -2.28. The number of anilines is 1. The summed E-state index contributed by atoms with van der Waals surface area (Å²) in [4.78, 5) is 34.2. The van der Waals surface area contributed by atoms with E-state index in [4.69, 9.17) is 4.74 Å². The molecule has 22 heavy (non-hydrogen) atoms. The molecule has 3 rings (SSSR count). The van der Waals surface area contributed by atoms with Gasteiger partial charge in [-0.2, -0.15) is 0 Å². The summed E-state index contributed by atoms with van der Waals surface area (Å²) < 4.78 is 5.30. The molecule has 2 amide bonds. The van der Waals surface area contributed by atoms with Crippen molar-refractivity contribution in [2.75, 3.05) is 37.7 Å². The zero-order valence-electron chi connectivity index (χ0n) is 12.3. The van der Waals surface area contributed by atoms with E-state index < -0.39 is 0 Å². The summed E-state index contributed by atoms with van der Waals surface area (Å²) in [7, 11) is 0. The van der Waals surface area contributed by atoms with E-state index in [0.717, 1.165) is 25.9 Å². The fourth-order valence-electron chi connectivity index (χ4n) is 2.54. The van der Waals surface area contributed by atoms with Gasteiger partial charge in [-0.3, -0.25) is 20.0 Å². The van der Waals surface area contributed by atoms with E-state index in [2.05, 4.69) is 15.4 Å². The van der Waals surface area contributed by atoms with Crippen LogP contribution < -0.4 is 10.3 Å². The number of rotatable bonds is 3. The van der Waals surface area contributed by atoms with Gasteiger partial charge in [0.2, 0.25) is 5.91 Å². The van der Waals surface area contributed by atoms with Gasteiger partial charge >= 0.3 is 0 Å². The van der Waals surface area contributed by atoms with Crippen molar-refractivity contribution in [2.45, 2.75) is 19.3 Å². The van der Waals surface area contributed by atoms with Gasteiger partial charge in [0.25, 0.3) is 5.91 Å². The minimum atomic E-state index is -0.382. The van der Waals surface area contributed by atoms with Crippen molar-refractivity contribution in [1.29, 1.82) is 0 Å². The highest BCUT2D eigenvalue weighted by Gasteiger charge is 2.22. The van der Waals surface area contributed by atoms with E-state index in [1.54, 1.807) is 6.07 Å². The van der Waals surface area contributed by atoms with Crippen LogP contribution in [-0.2, 0) is 9.53 Å². The Bertz CT molecular complexity index is 559. The van der Waals surface area contributed by atoms with Crippen LogP contribution in [0.4, 0.5) is 5.82 Å². The van der Waals surface area contributed by atoms with Crippen molar-refractivity contribution in [3.63, 3.8) is 0 Å². The number of nitrogens with one attached hydrogen (secondary N) is 1. The summed E-state index contributed by atoms with van der Waals surface area (Å²) in [5.74, 6) is 0.266. The third kappa shape index (κ3) is 3.33. The lowest BCUT2D eigenvalue weighted by Crippen LogP contribution is -2.48. The van der Waals surface area contributed by atoms with E-state index in [1.807, 2.05) is 4.90 Å². The molecule has 1 N–H and O–H groups in total. The largest absolute Gasteiger partial charge is 0.378 e. The van der Waals surface area contributed by atoms with E-state index in [-0.39, 0.29) is 17.5 Å². The molecule has 1 aromatic rings. The topological polar surface area (TPSA) is 87.7 Å². The van der Waals surface area contributed by atoms with Crippen LogP contribution in [0.3, 0.4) is 0 Å². The second-order valence-corrected chi connectivity index (χ2v) is 5.30. The number of morpholine rings is 1. The van der Waals surface area contributed by atoms with Crippen molar-refractivity contribution in [2.24, 2.45) is 0 Å². The second-order valence-electron chi connectivity index (χ2n) is 5.30. The molecule has 2 saturated heterocycles. The highest BCUT2D eigenvalue weighted by atomic mass is 16.5. The Morgan fingerprint density at radius 2 is 2.00 bits per heavy atom. The Morgan fingerprint density at radius 1 is 1.18 bits per heavy atom. The van der Waals surface area contributed by atoms with Crippen LogP contribution in [-0.4, -0.2) is 59.6 Å². The number of aromatic nitrogens is 2. The highest BCUT2D eigenvalue weighted by Crippen LogP contribution is 2.13. The van der Waals surface area contributed by atoms with Gasteiger partial charge in [-0.05, 0) is 12.8 Å². The summed E-state index contributed by atoms with van der Waals surface area (Å²) in [6.07, 6.45) is 3.62. The van der Waals surface area contributed by atoms with E-state index >= 15 is 0 Å². The molecule has 8 nitrogen and oxygen atoms in total. The molecule has 2 fully saturated rings. The quantitative estimate of drug-likeness (QED) is 0.844. The maximum absolute atomic E-state index is 12.3. The summed E-state index contributed by atoms with van der Waals surface area (Å²) >= 11 is 0. The number of carbonyl (C=O) groups excluding carboxylic acids is 2. The molecule has 1 aromatic heterocycles. The Morgan fingerprint density at radius 3 is 2.77 bits per heavy atom. The molecular weight excluding hydrogens is 286 g/mol. The third-order valence-corrected chi connectivity index (χ3v) is 3.78. The molecular formula is C14H19N5O3. The average molecular weight is 305 g/mol. The fourth-order valence-corrected chi connectivity index (χ4v) is 2.54. The Labute approximate surface area is 128 Å². The molecule has 2 aliphatic heterocycles. The van der Waals surface area contributed by atoms with Crippen molar-refractivity contribution in [3.8, 4) is 0 Å². The number of hydrogen-bond donors (Lipinski definition) is 1. The smallest absolute Gasteiger partial charge is 0.288 e. The number of amides is 2. The number of hydrogen-bond acceptors (Lipinski definition) is 6. The maximum Gasteiger partial charge on any atom is 0.288 e. The molecule has 0 bridgehead atoms. The maximum atomic E-state index is 12.3. The molecule has 0 aromatic carbocycles. The Kier molecular flexibility index (Phi) is 4.47. The number of hydrazine groups is 1. The molecule has 3 heterocycles. The highest BCUT2D eigenvalue weighted by molar-refractivity contribution is 5.94.